The van der Waals surface area contributed by atoms with E-state index in [9.17, 15) is 9.59 Å². The molecule has 0 aromatic heterocycles. The highest BCUT2D eigenvalue weighted by molar-refractivity contribution is 6.53. The van der Waals surface area contributed by atoms with Gasteiger partial charge in [0, 0.05) is 26.1 Å². The molecule has 0 aromatic carbocycles. The van der Waals surface area contributed by atoms with Crippen LogP contribution in [0.4, 0.5) is 0 Å². The van der Waals surface area contributed by atoms with Gasteiger partial charge in [0.05, 0.1) is 21.6 Å². The summed E-state index contributed by atoms with van der Waals surface area (Å²) in [7, 11) is 2.83. The monoisotopic (exact) mass is 396 g/mol. The maximum atomic E-state index is 13.0. The van der Waals surface area contributed by atoms with Crippen LogP contribution in [0.2, 0.25) is 0 Å². The minimum Gasteiger partial charge on any atom is -0.350 e. The molecule has 0 spiro atoms. The number of ether oxygens (including phenoxy) is 2. The zero-order valence-electron chi connectivity index (χ0n) is 12.1. The maximum Gasteiger partial charge on any atom is 0.211 e. The van der Waals surface area contributed by atoms with Gasteiger partial charge in [-0.2, -0.15) is 0 Å². The highest BCUT2D eigenvalue weighted by Crippen LogP contribution is 2.97. The Kier molecular flexibility index (Phi) is 2.05. The number of halogens is 4. The fourth-order valence-corrected chi connectivity index (χ4v) is 11.1. The Morgan fingerprint density at radius 1 is 0.739 bits per heavy atom. The van der Waals surface area contributed by atoms with Crippen molar-refractivity contribution in [1.82, 2.24) is 0 Å². The van der Waals surface area contributed by atoms with Crippen molar-refractivity contribution in [3.63, 3.8) is 0 Å². The van der Waals surface area contributed by atoms with Crippen LogP contribution in [0.15, 0.2) is 0 Å². The Hall–Kier alpha value is 0.420. The van der Waals surface area contributed by atoms with Crippen molar-refractivity contribution < 1.29 is 19.1 Å². The van der Waals surface area contributed by atoms with Gasteiger partial charge in [-0.25, -0.2) is 0 Å². The van der Waals surface area contributed by atoms with Gasteiger partial charge in [0.15, 0.2) is 0 Å². The van der Waals surface area contributed by atoms with Gasteiger partial charge in [-0.3, -0.25) is 9.59 Å². The van der Waals surface area contributed by atoms with Crippen molar-refractivity contribution in [1.29, 1.82) is 0 Å². The molecule has 5 aliphatic carbocycles. The zero-order chi connectivity index (χ0) is 16.5. The van der Waals surface area contributed by atoms with Crippen LogP contribution >= 0.6 is 46.4 Å². The van der Waals surface area contributed by atoms with Gasteiger partial charge < -0.3 is 9.47 Å². The van der Waals surface area contributed by atoms with Gasteiger partial charge in [0.2, 0.25) is 5.79 Å². The molecule has 23 heavy (non-hydrogen) atoms. The molecule has 124 valence electrons. The first kappa shape index (κ1) is 14.6. The van der Waals surface area contributed by atoms with Crippen LogP contribution in [0.1, 0.15) is 0 Å². The minimum atomic E-state index is -1.58. The zero-order valence-corrected chi connectivity index (χ0v) is 15.1. The van der Waals surface area contributed by atoms with E-state index in [-0.39, 0.29) is 35.2 Å². The number of rotatable bonds is 2. The van der Waals surface area contributed by atoms with Crippen molar-refractivity contribution in [2.45, 2.75) is 25.3 Å². The second-order valence-electron chi connectivity index (χ2n) is 7.74. The quantitative estimate of drug-likeness (QED) is 0.405. The molecule has 0 N–H and O–H groups in total. The van der Waals surface area contributed by atoms with Crippen LogP contribution in [0, 0.1) is 35.5 Å². The highest BCUT2D eigenvalue weighted by Gasteiger charge is 3.12. The summed E-state index contributed by atoms with van der Waals surface area (Å²) in [5.41, 5.74) is 0. The lowest BCUT2D eigenvalue weighted by molar-refractivity contribution is -0.244. The number of methoxy groups -OCH3 is 2. The molecule has 10 atom stereocenters. The third kappa shape index (κ3) is 0.753. The number of hydrogen-bond acceptors (Lipinski definition) is 4. The van der Waals surface area contributed by atoms with Gasteiger partial charge >= 0.3 is 0 Å². The van der Waals surface area contributed by atoms with Crippen molar-refractivity contribution in [2.24, 2.45) is 35.5 Å². The van der Waals surface area contributed by atoms with Crippen molar-refractivity contribution in [3.05, 3.63) is 0 Å². The number of ketones is 2. The number of Topliss-reactive ketones (excluding diaryl/α,β-unsaturated/α-hetero) is 2. The SMILES string of the molecule is COC1(OC)[C@]2(Cl)[C@H]3C(=O)[C@@H]4[C@@H]5C(=O)[C@@H]3[C@@]1(Cl)[C@@]1(Cl)[C@H]5[C@@H]4[C@]12Cl. The molecule has 0 radical (unpaired) electrons. The van der Waals surface area contributed by atoms with Gasteiger partial charge in [0.25, 0.3) is 0 Å². The second-order valence-corrected chi connectivity index (χ2v) is 10.1. The third-order valence-corrected chi connectivity index (χ3v) is 11.6. The molecule has 5 fully saturated rings. The first-order chi connectivity index (χ1) is 10.7. The van der Waals surface area contributed by atoms with Crippen molar-refractivity contribution in [2.75, 3.05) is 14.2 Å². The van der Waals surface area contributed by atoms with E-state index in [1.54, 1.807) is 0 Å². The number of hydrogen-bond donors (Lipinski definition) is 0. The molecule has 0 amide bonds. The third-order valence-electron chi connectivity index (χ3n) is 8.05. The van der Waals surface area contributed by atoms with E-state index in [0.29, 0.717) is 0 Å². The van der Waals surface area contributed by atoms with Gasteiger partial charge in [0.1, 0.15) is 21.3 Å². The predicted octanol–water partition coefficient (Wildman–Crippen LogP) is 1.80. The first-order valence-corrected chi connectivity index (χ1v) is 9.13. The summed E-state index contributed by atoms with van der Waals surface area (Å²) in [6.07, 6.45) is 0. The fourth-order valence-electron chi connectivity index (χ4n) is 7.73. The molecule has 5 aliphatic rings. The van der Waals surface area contributed by atoms with Crippen molar-refractivity contribution >= 4 is 58.0 Å². The molecule has 0 aromatic rings. The molecule has 0 saturated heterocycles. The molecule has 0 unspecified atom stereocenters. The van der Waals surface area contributed by atoms with Crippen molar-refractivity contribution in [3.8, 4) is 0 Å². The van der Waals surface area contributed by atoms with E-state index in [2.05, 4.69) is 0 Å². The lowest BCUT2D eigenvalue weighted by Gasteiger charge is -2.84. The molecule has 0 heterocycles. The summed E-state index contributed by atoms with van der Waals surface area (Å²) in [6.45, 7) is 0. The number of carbonyl (C=O) groups is 2. The van der Waals surface area contributed by atoms with Gasteiger partial charge in [-0.05, 0) is 11.8 Å². The van der Waals surface area contributed by atoms with Gasteiger partial charge in [-0.1, -0.05) is 0 Å². The summed E-state index contributed by atoms with van der Waals surface area (Å²) >= 11 is 28.3. The summed E-state index contributed by atoms with van der Waals surface area (Å²) in [5, 5.41) is 0. The topological polar surface area (TPSA) is 52.6 Å². The molecule has 0 aliphatic heterocycles. The Bertz CT molecular complexity index is 696. The molecule has 4 nitrogen and oxygen atoms in total. The van der Waals surface area contributed by atoms with Crippen LogP contribution in [0.5, 0.6) is 0 Å². The van der Waals surface area contributed by atoms with E-state index in [0.717, 1.165) is 0 Å². The van der Waals surface area contributed by atoms with Crippen LogP contribution in [0.3, 0.4) is 0 Å². The van der Waals surface area contributed by atoms with Crippen LogP contribution in [-0.4, -0.2) is 51.1 Å². The van der Waals surface area contributed by atoms with Crippen LogP contribution < -0.4 is 0 Å². The van der Waals surface area contributed by atoms with E-state index < -0.39 is 37.1 Å². The number of fused-ring (bicyclic) bond motifs is 14. The number of carbonyl (C=O) groups excluding carboxylic acids is 2. The van der Waals surface area contributed by atoms with E-state index >= 15 is 0 Å². The van der Waals surface area contributed by atoms with Crippen LogP contribution in [-0.2, 0) is 19.1 Å². The second kappa shape index (κ2) is 3.23. The average Bonchev–Trinajstić information content (AvgIpc) is 2.73. The minimum absolute atomic E-state index is 0.0217. The molecular weight excluding hydrogens is 386 g/mol. The summed E-state index contributed by atoms with van der Waals surface area (Å²) in [6, 6.07) is 0. The maximum absolute atomic E-state index is 13.0. The number of alkyl halides is 4. The lowest BCUT2D eigenvalue weighted by Crippen LogP contribution is -2.97. The van der Waals surface area contributed by atoms with E-state index in [1.165, 1.54) is 14.2 Å². The molecule has 8 heteroatoms. The smallest absolute Gasteiger partial charge is 0.211 e. The summed E-state index contributed by atoms with van der Waals surface area (Å²) < 4.78 is 11.4. The molecule has 2 bridgehead atoms. The average molecular weight is 398 g/mol. The largest absolute Gasteiger partial charge is 0.350 e. The summed E-state index contributed by atoms with van der Waals surface area (Å²) in [4.78, 5) is 21.0. The highest BCUT2D eigenvalue weighted by atomic mass is 35.5. The molecular formula is C15H12Cl4O4. The Morgan fingerprint density at radius 3 is 1.39 bits per heavy atom. The molecule has 5 saturated carbocycles. The van der Waals surface area contributed by atoms with Crippen LogP contribution in [0.25, 0.3) is 0 Å². The first-order valence-electron chi connectivity index (χ1n) is 7.61. The fraction of sp³-hybridized carbons (Fsp3) is 0.867. The van der Waals surface area contributed by atoms with E-state index in [4.69, 9.17) is 55.9 Å². The predicted molar refractivity (Wildman–Crippen MR) is 82.0 cm³/mol. The Balaban J connectivity index is 1.81. The Morgan fingerprint density at radius 2 is 1.09 bits per heavy atom. The Labute approximate surface area is 152 Å². The van der Waals surface area contributed by atoms with E-state index in [1.807, 2.05) is 0 Å². The normalized spacial score (nSPS) is 70.9. The standard InChI is InChI=1S/C15H12Cl4O4/c1-22-15(23-2)13(18)7-8-10(21)4-3(9(7)20)5-6(4)12(17,11(5,13)16)14(8,15)19/h3-8H,1-2H3/t3-,4+,5-,6-,7-,8-,11+,12-,13+,14-/m1/s1. The summed E-state index contributed by atoms with van der Waals surface area (Å²) in [5.74, 6) is -4.44. The molecule has 5 rings (SSSR count). The lowest BCUT2D eigenvalue weighted by atomic mass is 9.24. The van der Waals surface area contributed by atoms with Gasteiger partial charge in [-0.15, -0.1) is 46.4 Å².